The molecule has 20 heavy (non-hydrogen) atoms. The lowest BCUT2D eigenvalue weighted by Crippen LogP contribution is -2.26. The molecule has 2 heteroatoms. The molecule has 0 saturated carbocycles. The minimum Gasteiger partial charge on any atom is -0.379 e. The van der Waals surface area contributed by atoms with E-state index in [1.165, 1.54) is 30.4 Å². The molecule has 1 unspecified atom stereocenters. The summed E-state index contributed by atoms with van der Waals surface area (Å²) in [5.74, 6) is 0. The van der Waals surface area contributed by atoms with Crippen LogP contribution in [0.2, 0.25) is 0 Å². The molecule has 0 bridgehead atoms. The summed E-state index contributed by atoms with van der Waals surface area (Å²) in [6.45, 7) is 9.30. The van der Waals surface area contributed by atoms with Crippen LogP contribution in [-0.4, -0.2) is 19.8 Å². The second-order valence-electron chi connectivity index (χ2n) is 5.43. The average molecular weight is 277 g/mol. The van der Waals surface area contributed by atoms with Crippen LogP contribution in [0.25, 0.3) is 0 Å². The van der Waals surface area contributed by atoms with Gasteiger partial charge < -0.3 is 10.1 Å². The largest absolute Gasteiger partial charge is 0.379 e. The average Bonchev–Trinajstić information content (AvgIpc) is 2.48. The lowest BCUT2D eigenvalue weighted by atomic mass is 10.0. The third-order valence-corrected chi connectivity index (χ3v) is 3.49. The van der Waals surface area contributed by atoms with Crippen molar-refractivity contribution in [3.63, 3.8) is 0 Å². The zero-order valence-corrected chi connectivity index (χ0v) is 13.5. The lowest BCUT2D eigenvalue weighted by molar-refractivity contribution is 0.109. The lowest BCUT2D eigenvalue weighted by Gasteiger charge is -2.19. The first-order valence-electron chi connectivity index (χ1n) is 8.21. The summed E-state index contributed by atoms with van der Waals surface area (Å²) in [5.41, 5.74) is 2.77. The van der Waals surface area contributed by atoms with Crippen LogP contribution in [-0.2, 0) is 11.2 Å². The van der Waals surface area contributed by atoms with Gasteiger partial charge in [0.15, 0.2) is 0 Å². The van der Waals surface area contributed by atoms with Gasteiger partial charge >= 0.3 is 0 Å². The maximum absolute atomic E-state index is 5.80. The van der Waals surface area contributed by atoms with Crippen molar-refractivity contribution in [3.05, 3.63) is 35.4 Å². The zero-order valence-electron chi connectivity index (χ0n) is 13.5. The fourth-order valence-corrected chi connectivity index (χ4v) is 2.24. The van der Waals surface area contributed by atoms with Gasteiger partial charge in [-0.1, -0.05) is 57.9 Å². The van der Waals surface area contributed by atoms with Gasteiger partial charge in [0.1, 0.15) is 0 Å². The maximum Gasteiger partial charge on any atom is 0.0661 e. The van der Waals surface area contributed by atoms with Crippen molar-refractivity contribution in [2.24, 2.45) is 0 Å². The van der Waals surface area contributed by atoms with Crippen LogP contribution in [0.1, 0.15) is 63.6 Å². The van der Waals surface area contributed by atoms with Gasteiger partial charge in [-0.05, 0) is 36.9 Å². The van der Waals surface area contributed by atoms with Crippen LogP contribution in [0, 0.1) is 0 Å². The minimum atomic E-state index is 0.322. The van der Waals surface area contributed by atoms with Crippen molar-refractivity contribution >= 4 is 0 Å². The topological polar surface area (TPSA) is 21.3 Å². The Morgan fingerprint density at radius 3 is 2.35 bits per heavy atom. The molecule has 0 spiro atoms. The molecule has 2 nitrogen and oxygen atoms in total. The first-order valence-corrected chi connectivity index (χ1v) is 8.21. The molecule has 0 aliphatic heterocycles. The summed E-state index contributed by atoms with van der Waals surface area (Å²) < 4.78 is 5.80. The van der Waals surface area contributed by atoms with Crippen molar-refractivity contribution in [1.29, 1.82) is 0 Å². The SMILES string of the molecule is CCCCOCC(NCCC)c1ccc(CCC)cc1. The summed E-state index contributed by atoms with van der Waals surface area (Å²) in [7, 11) is 0. The van der Waals surface area contributed by atoms with Crippen LogP contribution in [0.3, 0.4) is 0 Å². The number of benzene rings is 1. The van der Waals surface area contributed by atoms with Gasteiger partial charge in [0.2, 0.25) is 0 Å². The molecule has 1 aromatic rings. The Hall–Kier alpha value is -0.860. The molecule has 0 amide bonds. The van der Waals surface area contributed by atoms with Crippen LogP contribution < -0.4 is 5.32 Å². The Bertz CT molecular complexity index is 334. The summed E-state index contributed by atoms with van der Waals surface area (Å²) in [6.07, 6.45) is 5.87. The minimum absolute atomic E-state index is 0.322. The molecular weight excluding hydrogens is 246 g/mol. The van der Waals surface area contributed by atoms with E-state index in [1.807, 2.05) is 0 Å². The van der Waals surface area contributed by atoms with E-state index in [9.17, 15) is 0 Å². The van der Waals surface area contributed by atoms with E-state index in [0.717, 1.165) is 32.6 Å². The molecule has 1 rings (SSSR count). The van der Waals surface area contributed by atoms with Gasteiger partial charge in [-0.25, -0.2) is 0 Å². The second-order valence-corrected chi connectivity index (χ2v) is 5.43. The van der Waals surface area contributed by atoms with E-state index in [4.69, 9.17) is 4.74 Å². The molecule has 0 radical (unpaired) electrons. The predicted octanol–water partition coefficient (Wildman–Crippen LogP) is 4.50. The summed E-state index contributed by atoms with van der Waals surface area (Å²) >= 11 is 0. The number of ether oxygens (including phenoxy) is 1. The first-order chi connectivity index (χ1) is 9.81. The third kappa shape index (κ3) is 6.53. The fraction of sp³-hybridized carbons (Fsp3) is 0.667. The van der Waals surface area contributed by atoms with E-state index in [1.54, 1.807) is 0 Å². The maximum atomic E-state index is 5.80. The van der Waals surface area contributed by atoms with Crippen molar-refractivity contribution in [2.45, 2.75) is 58.9 Å². The van der Waals surface area contributed by atoms with Crippen LogP contribution in [0.15, 0.2) is 24.3 Å². The summed E-state index contributed by atoms with van der Waals surface area (Å²) in [4.78, 5) is 0. The highest BCUT2D eigenvalue weighted by Gasteiger charge is 2.10. The van der Waals surface area contributed by atoms with Gasteiger partial charge in [0.05, 0.1) is 12.6 Å². The molecule has 0 aromatic heterocycles. The standard InChI is InChI=1S/C18H31NO/c1-4-7-14-20-15-18(19-13-6-3)17-11-9-16(8-5-2)10-12-17/h9-12,18-19H,4-8,13-15H2,1-3H3. The first kappa shape index (κ1) is 17.2. The monoisotopic (exact) mass is 277 g/mol. The van der Waals surface area contributed by atoms with Crippen molar-refractivity contribution in [3.8, 4) is 0 Å². The molecule has 0 fully saturated rings. The highest BCUT2D eigenvalue weighted by atomic mass is 16.5. The molecule has 0 saturated heterocycles. The molecular formula is C18H31NO. The van der Waals surface area contributed by atoms with Crippen molar-refractivity contribution in [2.75, 3.05) is 19.8 Å². The molecule has 1 N–H and O–H groups in total. The van der Waals surface area contributed by atoms with E-state index < -0.39 is 0 Å². The van der Waals surface area contributed by atoms with E-state index in [0.29, 0.717) is 6.04 Å². The summed E-state index contributed by atoms with van der Waals surface area (Å²) in [5, 5.41) is 3.59. The van der Waals surface area contributed by atoms with Crippen LogP contribution >= 0.6 is 0 Å². The van der Waals surface area contributed by atoms with Crippen molar-refractivity contribution < 1.29 is 4.74 Å². The normalized spacial score (nSPS) is 12.6. The quantitative estimate of drug-likeness (QED) is 0.601. The molecule has 114 valence electrons. The molecule has 0 aliphatic rings. The summed E-state index contributed by atoms with van der Waals surface area (Å²) in [6, 6.07) is 9.34. The van der Waals surface area contributed by atoms with E-state index in [2.05, 4.69) is 50.4 Å². The Balaban J connectivity index is 2.56. The molecule has 1 atom stereocenters. The Morgan fingerprint density at radius 1 is 1.00 bits per heavy atom. The molecule has 0 heterocycles. The van der Waals surface area contributed by atoms with E-state index in [-0.39, 0.29) is 0 Å². The van der Waals surface area contributed by atoms with Gasteiger partial charge in [-0.2, -0.15) is 0 Å². The van der Waals surface area contributed by atoms with E-state index >= 15 is 0 Å². The number of unbranched alkanes of at least 4 members (excludes halogenated alkanes) is 1. The second kappa shape index (κ2) is 10.9. The number of aryl methyl sites for hydroxylation is 1. The van der Waals surface area contributed by atoms with Gasteiger partial charge in [-0.3, -0.25) is 0 Å². The van der Waals surface area contributed by atoms with Crippen molar-refractivity contribution in [1.82, 2.24) is 5.32 Å². The number of rotatable bonds is 11. The van der Waals surface area contributed by atoms with Gasteiger partial charge in [-0.15, -0.1) is 0 Å². The van der Waals surface area contributed by atoms with Crippen LogP contribution in [0.4, 0.5) is 0 Å². The number of hydrogen-bond acceptors (Lipinski definition) is 2. The number of hydrogen-bond donors (Lipinski definition) is 1. The van der Waals surface area contributed by atoms with Gasteiger partial charge in [0, 0.05) is 6.61 Å². The number of nitrogens with one attached hydrogen (secondary N) is 1. The predicted molar refractivity (Wildman–Crippen MR) is 87.2 cm³/mol. The third-order valence-electron chi connectivity index (χ3n) is 3.49. The fourth-order valence-electron chi connectivity index (χ4n) is 2.24. The van der Waals surface area contributed by atoms with Gasteiger partial charge in [0.25, 0.3) is 0 Å². The zero-order chi connectivity index (χ0) is 14.6. The Kier molecular flexibility index (Phi) is 9.35. The highest BCUT2D eigenvalue weighted by Crippen LogP contribution is 2.16. The Labute approximate surface area is 124 Å². The Morgan fingerprint density at radius 2 is 1.75 bits per heavy atom. The molecule has 0 aliphatic carbocycles. The smallest absolute Gasteiger partial charge is 0.0661 e. The van der Waals surface area contributed by atoms with Crippen LogP contribution in [0.5, 0.6) is 0 Å². The highest BCUT2D eigenvalue weighted by molar-refractivity contribution is 5.25. The molecule has 1 aromatic carbocycles.